The molecule has 2 N–H and O–H groups in total. The molecule has 2 aliphatic heterocycles. The van der Waals surface area contributed by atoms with Gasteiger partial charge in [0, 0.05) is 23.3 Å². The molecule has 2 aliphatic rings. The van der Waals surface area contributed by atoms with Crippen molar-refractivity contribution in [3.05, 3.63) is 94.8 Å². The van der Waals surface area contributed by atoms with Crippen LogP contribution in [0.3, 0.4) is 0 Å². The standard InChI is InChI=1S/C12H12N4O.C11H10N4O/c1-8-2-4-9(5-3-8)12-14-13-11-6-10(7-17)15-16(11)12;16-7-9-6-10-12-13-11(15(10)14-9)8-4-2-1-3-5-8/h2-6,12,17H,7H2,1H3;1-6,11,16H,7H2. The van der Waals surface area contributed by atoms with Crippen molar-refractivity contribution >= 4 is 11.6 Å². The van der Waals surface area contributed by atoms with Gasteiger partial charge in [0.05, 0.1) is 24.6 Å². The highest BCUT2D eigenvalue weighted by Gasteiger charge is 2.24. The fraction of sp³-hybridized carbons (Fsp3) is 0.217. The van der Waals surface area contributed by atoms with E-state index in [1.807, 2.05) is 61.5 Å². The van der Waals surface area contributed by atoms with Crippen molar-refractivity contribution in [3.8, 4) is 0 Å². The largest absolute Gasteiger partial charge is 0.390 e. The van der Waals surface area contributed by atoms with Crippen LogP contribution in [0.4, 0.5) is 11.6 Å². The number of hydrogen-bond donors (Lipinski definition) is 2. The van der Waals surface area contributed by atoms with E-state index in [1.165, 1.54) is 5.56 Å². The van der Waals surface area contributed by atoms with Crippen LogP contribution in [0.2, 0.25) is 0 Å². The normalized spacial score (nSPS) is 17.5. The van der Waals surface area contributed by atoms with E-state index in [2.05, 4.69) is 30.7 Å². The first-order valence-electron chi connectivity index (χ1n) is 10.5. The molecule has 166 valence electrons. The van der Waals surface area contributed by atoms with E-state index in [4.69, 9.17) is 10.2 Å². The van der Waals surface area contributed by atoms with Gasteiger partial charge in [-0.05, 0) is 6.92 Å². The summed E-state index contributed by atoms with van der Waals surface area (Å²) < 4.78 is 3.46. The second kappa shape index (κ2) is 8.85. The van der Waals surface area contributed by atoms with Gasteiger partial charge >= 0.3 is 0 Å². The van der Waals surface area contributed by atoms with Crippen molar-refractivity contribution in [1.29, 1.82) is 0 Å². The Morgan fingerprint density at radius 1 is 0.697 bits per heavy atom. The first kappa shape index (κ1) is 20.9. The minimum absolute atomic E-state index is 0.0724. The lowest BCUT2D eigenvalue weighted by Gasteiger charge is -2.08. The summed E-state index contributed by atoms with van der Waals surface area (Å²) in [5.74, 6) is 1.39. The van der Waals surface area contributed by atoms with E-state index in [0.29, 0.717) is 23.0 Å². The van der Waals surface area contributed by atoms with Gasteiger partial charge in [-0.3, -0.25) is 0 Å². The lowest BCUT2D eigenvalue weighted by Crippen LogP contribution is -2.06. The maximum Gasteiger partial charge on any atom is 0.190 e. The lowest BCUT2D eigenvalue weighted by molar-refractivity contribution is 0.274. The molecule has 2 unspecified atom stereocenters. The first-order valence-corrected chi connectivity index (χ1v) is 10.5. The fourth-order valence-electron chi connectivity index (χ4n) is 3.64. The monoisotopic (exact) mass is 442 g/mol. The molecule has 10 nitrogen and oxygen atoms in total. The smallest absolute Gasteiger partial charge is 0.190 e. The number of nitrogens with zero attached hydrogens (tertiary/aromatic N) is 8. The van der Waals surface area contributed by atoms with E-state index in [9.17, 15) is 0 Å². The minimum Gasteiger partial charge on any atom is -0.390 e. The van der Waals surface area contributed by atoms with E-state index >= 15 is 0 Å². The first-order chi connectivity index (χ1) is 16.2. The highest BCUT2D eigenvalue weighted by molar-refractivity contribution is 5.36. The summed E-state index contributed by atoms with van der Waals surface area (Å²) in [6, 6.07) is 21.5. The number of fused-ring (bicyclic) bond motifs is 2. The summed E-state index contributed by atoms with van der Waals surface area (Å²) in [6.45, 7) is 1.90. The van der Waals surface area contributed by atoms with E-state index in [-0.39, 0.29) is 25.5 Å². The van der Waals surface area contributed by atoms with Gasteiger partial charge in [0.2, 0.25) is 0 Å². The predicted molar refractivity (Wildman–Crippen MR) is 119 cm³/mol. The zero-order valence-corrected chi connectivity index (χ0v) is 17.9. The molecule has 0 amide bonds. The van der Waals surface area contributed by atoms with Gasteiger partial charge < -0.3 is 10.2 Å². The van der Waals surface area contributed by atoms with Crippen LogP contribution in [0.25, 0.3) is 0 Å². The molecule has 0 aliphatic carbocycles. The molecule has 33 heavy (non-hydrogen) atoms. The number of benzene rings is 2. The van der Waals surface area contributed by atoms with E-state index in [1.54, 1.807) is 21.5 Å². The maximum atomic E-state index is 9.04. The average Bonchev–Trinajstić information content (AvgIpc) is 3.61. The second-order valence-corrected chi connectivity index (χ2v) is 7.69. The number of hydrogen-bond acceptors (Lipinski definition) is 8. The van der Waals surface area contributed by atoms with Gasteiger partial charge in [-0.1, -0.05) is 60.2 Å². The molecule has 10 heteroatoms. The van der Waals surface area contributed by atoms with Gasteiger partial charge in [-0.25, -0.2) is 9.36 Å². The third-order valence-electron chi connectivity index (χ3n) is 5.33. The Hall–Kier alpha value is -4.02. The predicted octanol–water partition coefficient (Wildman–Crippen LogP) is 4.35. The lowest BCUT2D eigenvalue weighted by atomic mass is 10.1. The molecule has 0 saturated heterocycles. The van der Waals surface area contributed by atoms with Crippen LogP contribution < -0.4 is 0 Å². The molecule has 0 fully saturated rings. The summed E-state index contributed by atoms with van der Waals surface area (Å²) in [5.41, 5.74) is 4.54. The van der Waals surface area contributed by atoms with E-state index < -0.39 is 0 Å². The SMILES string of the molecule is Cc1ccc(C2N=Nc3cc(CO)nn32)cc1.OCc1cc2n(n1)C(c1ccccc1)N=N2. The quantitative estimate of drug-likeness (QED) is 0.487. The van der Waals surface area contributed by atoms with Gasteiger partial charge in [0.25, 0.3) is 0 Å². The summed E-state index contributed by atoms with van der Waals surface area (Å²) in [7, 11) is 0. The fourth-order valence-corrected chi connectivity index (χ4v) is 3.64. The highest BCUT2D eigenvalue weighted by atomic mass is 16.3. The van der Waals surface area contributed by atoms with Crippen molar-refractivity contribution in [3.63, 3.8) is 0 Å². The number of rotatable bonds is 4. The second-order valence-electron chi connectivity index (χ2n) is 7.69. The molecule has 2 atom stereocenters. The Labute approximate surface area is 189 Å². The Bertz CT molecular complexity index is 1310. The minimum atomic E-state index is -0.203. The van der Waals surface area contributed by atoms with Crippen molar-refractivity contribution in [2.45, 2.75) is 32.5 Å². The van der Waals surface area contributed by atoms with Crippen LogP contribution >= 0.6 is 0 Å². The maximum absolute atomic E-state index is 9.04. The number of aliphatic hydroxyl groups excluding tert-OH is 2. The molecule has 0 radical (unpaired) electrons. The molecule has 2 aromatic heterocycles. The molecule has 2 aromatic carbocycles. The molecule has 4 aromatic rings. The number of aromatic nitrogens is 4. The molecule has 0 saturated carbocycles. The number of aliphatic hydroxyl groups is 2. The molecular weight excluding hydrogens is 420 g/mol. The Kier molecular flexibility index (Phi) is 5.59. The van der Waals surface area contributed by atoms with Crippen LogP contribution in [-0.2, 0) is 13.2 Å². The Balaban J connectivity index is 0.000000139. The van der Waals surface area contributed by atoms with Crippen LogP contribution in [-0.4, -0.2) is 29.8 Å². The molecule has 0 bridgehead atoms. The van der Waals surface area contributed by atoms with Crippen LogP contribution in [0, 0.1) is 6.92 Å². The average molecular weight is 442 g/mol. The van der Waals surface area contributed by atoms with Gasteiger partial charge in [-0.2, -0.15) is 20.4 Å². The Morgan fingerprint density at radius 2 is 1.18 bits per heavy atom. The zero-order valence-electron chi connectivity index (χ0n) is 17.9. The van der Waals surface area contributed by atoms with Crippen LogP contribution in [0.15, 0.2) is 87.2 Å². The van der Waals surface area contributed by atoms with Crippen LogP contribution in [0.1, 0.15) is 40.4 Å². The van der Waals surface area contributed by atoms with Crippen molar-refractivity contribution in [2.24, 2.45) is 20.5 Å². The van der Waals surface area contributed by atoms with Crippen LogP contribution in [0.5, 0.6) is 0 Å². The molecule has 0 spiro atoms. The molecule has 4 heterocycles. The Morgan fingerprint density at radius 3 is 1.67 bits per heavy atom. The summed E-state index contributed by atoms with van der Waals surface area (Å²) in [4.78, 5) is 0. The van der Waals surface area contributed by atoms with Gasteiger partial charge in [0.15, 0.2) is 24.0 Å². The summed E-state index contributed by atoms with van der Waals surface area (Å²) >= 11 is 0. The zero-order chi connectivity index (χ0) is 22.8. The molecule has 6 rings (SSSR count). The van der Waals surface area contributed by atoms with Gasteiger partial charge in [-0.15, -0.1) is 10.2 Å². The third kappa shape index (κ3) is 4.09. The van der Waals surface area contributed by atoms with Crippen molar-refractivity contribution in [1.82, 2.24) is 19.6 Å². The topological polar surface area (TPSA) is 126 Å². The van der Waals surface area contributed by atoms with Gasteiger partial charge in [0.1, 0.15) is 0 Å². The summed E-state index contributed by atoms with van der Waals surface area (Å²) in [5, 5.41) is 43.0. The molecular formula is C23H22N8O2. The highest BCUT2D eigenvalue weighted by Crippen LogP contribution is 2.34. The summed E-state index contributed by atoms with van der Waals surface area (Å²) in [6.07, 6.45) is -0.401. The van der Waals surface area contributed by atoms with Crippen molar-refractivity contribution in [2.75, 3.05) is 0 Å². The number of aryl methyl sites for hydroxylation is 1. The number of azo groups is 2. The third-order valence-corrected chi connectivity index (χ3v) is 5.33. The van der Waals surface area contributed by atoms with Crippen molar-refractivity contribution < 1.29 is 10.2 Å². The van der Waals surface area contributed by atoms with E-state index in [0.717, 1.165) is 11.1 Å².